The number of esters is 1. The highest BCUT2D eigenvalue weighted by atomic mass is 16.5. The molecule has 30 heavy (non-hydrogen) atoms. The Labute approximate surface area is 186 Å². The molecule has 0 aromatic heterocycles. The molecule has 1 aliphatic carbocycles. The van der Waals surface area contributed by atoms with Crippen LogP contribution in [0.15, 0.2) is 48.1 Å². The van der Waals surface area contributed by atoms with Gasteiger partial charge in [0.1, 0.15) is 6.61 Å². The van der Waals surface area contributed by atoms with Crippen molar-refractivity contribution in [2.45, 2.75) is 110 Å². The van der Waals surface area contributed by atoms with Crippen molar-refractivity contribution >= 4 is 5.97 Å². The number of hydrogen-bond acceptors (Lipinski definition) is 2. The smallest absolute Gasteiger partial charge is 0.306 e. The third kappa shape index (κ3) is 14.4. The van der Waals surface area contributed by atoms with Crippen LogP contribution in [-0.4, -0.2) is 12.6 Å². The van der Waals surface area contributed by atoms with Crippen molar-refractivity contribution in [2.75, 3.05) is 6.61 Å². The van der Waals surface area contributed by atoms with E-state index in [1.807, 2.05) is 0 Å². The molecule has 1 aliphatic rings. The highest BCUT2D eigenvalue weighted by molar-refractivity contribution is 5.69. The van der Waals surface area contributed by atoms with Crippen molar-refractivity contribution in [1.29, 1.82) is 0 Å². The third-order valence-corrected chi connectivity index (χ3v) is 5.95. The van der Waals surface area contributed by atoms with Crippen LogP contribution in [0.25, 0.3) is 0 Å². The summed E-state index contributed by atoms with van der Waals surface area (Å²) in [6.07, 6.45) is 28.5. The lowest BCUT2D eigenvalue weighted by atomic mass is 9.86. The van der Waals surface area contributed by atoms with Crippen LogP contribution in [0.2, 0.25) is 0 Å². The van der Waals surface area contributed by atoms with Crippen molar-refractivity contribution < 1.29 is 9.53 Å². The van der Waals surface area contributed by atoms with Gasteiger partial charge in [0, 0.05) is 6.42 Å². The maximum absolute atomic E-state index is 11.9. The second-order valence-electron chi connectivity index (χ2n) is 8.82. The minimum absolute atomic E-state index is 0.0383. The van der Waals surface area contributed by atoms with Crippen molar-refractivity contribution in [3.8, 4) is 0 Å². The van der Waals surface area contributed by atoms with Crippen LogP contribution < -0.4 is 0 Å². The first-order valence-electron chi connectivity index (χ1n) is 12.4. The molecule has 0 heterocycles. The first-order chi connectivity index (χ1) is 14.6. The quantitative estimate of drug-likeness (QED) is 0.135. The highest BCUT2D eigenvalue weighted by Crippen LogP contribution is 2.28. The van der Waals surface area contributed by atoms with Crippen LogP contribution in [0.1, 0.15) is 110 Å². The maximum atomic E-state index is 11.9. The highest BCUT2D eigenvalue weighted by Gasteiger charge is 2.15. The number of carbonyl (C=O) groups is 1. The Hall–Kier alpha value is -1.57. The molecule has 0 fully saturated rings. The predicted molar refractivity (Wildman–Crippen MR) is 131 cm³/mol. The Morgan fingerprint density at radius 2 is 1.70 bits per heavy atom. The van der Waals surface area contributed by atoms with E-state index in [4.69, 9.17) is 4.74 Å². The Kier molecular flexibility index (Phi) is 16.1. The van der Waals surface area contributed by atoms with E-state index in [9.17, 15) is 4.79 Å². The Bertz CT molecular complexity index is 553. The van der Waals surface area contributed by atoms with Crippen LogP contribution in [0.4, 0.5) is 0 Å². The Balaban J connectivity index is 1.90. The summed E-state index contributed by atoms with van der Waals surface area (Å²) < 4.78 is 5.45. The van der Waals surface area contributed by atoms with Gasteiger partial charge in [0.15, 0.2) is 0 Å². The summed E-state index contributed by atoms with van der Waals surface area (Å²) in [5.74, 6) is 0.570. The van der Waals surface area contributed by atoms with Gasteiger partial charge in [-0.05, 0) is 76.2 Å². The average Bonchev–Trinajstić information content (AvgIpc) is 2.75. The maximum Gasteiger partial charge on any atom is 0.306 e. The SMILES string of the molecule is C=C(C)[C@@H]1CC=C(COC(=O)CCCCCCCC=CCC=CCCCCC)CC1. The van der Waals surface area contributed by atoms with Crippen molar-refractivity contribution in [3.05, 3.63) is 48.1 Å². The lowest BCUT2D eigenvalue weighted by molar-refractivity contribution is -0.142. The van der Waals surface area contributed by atoms with E-state index in [1.165, 1.54) is 62.5 Å². The lowest BCUT2D eigenvalue weighted by Crippen LogP contribution is -2.12. The molecule has 1 atom stereocenters. The van der Waals surface area contributed by atoms with E-state index in [0.717, 1.165) is 38.5 Å². The predicted octanol–water partition coefficient (Wildman–Crippen LogP) is 8.65. The second-order valence-corrected chi connectivity index (χ2v) is 8.82. The van der Waals surface area contributed by atoms with Gasteiger partial charge in [-0.25, -0.2) is 0 Å². The Morgan fingerprint density at radius 1 is 1.03 bits per heavy atom. The number of ether oxygens (including phenoxy) is 1. The molecule has 2 nitrogen and oxygen atoms in total. The van der Waals surface area contributed by atoms with Crippen LogP contribution in [-0.2, 0) is 9.53 Å². The molecule has 0 aliphatic heterocycles. The summed E-state index contributed by atoms with van der Waals surface area (Å²) in [5.41, 5.74) is 2.55. The summed E-state index contributed by atoms with van der Waals surface area (Å²) >= 11 is 0. The van der Waals surface area contributed by atoms with Crippen LogP contribution >= 0.6 is 0 Å². The normalized spacial score (nSPS) is 16.9. The molecule has 0 saturated heterocycles. The third-order valence-electron chi connectivity index (χ3n) is 5.95. The summed E-state index contributed by atoms with van der Waals surface area (Å²) in [4.78, 5) is 11.9. The Morgan fingerprint density at radius 3 is 2.33 bits per heavy atom. The van der Waals surface area contributed by atoms with E-state index in [-0.39, 0.29) is 5.97 Å². The fourth-order valence-electron chi connectivity index (χ4n) is 3.79. The van der Waals surface area contributed by atoms with E-state index in [2.05, 4.69) is 50.8 Å². The average molecular weight is 415 g/mol. The minimum atomic E-state index is -0.0383. The molecule has 0 N–H and O–H groups in total. The minimum Gasteiger partial charge on any atom is -0.461 e. The molecule has 0 saturated carbocycles. The van der Waals surface area contributed by atoms with Gasteiger partial charge < -0.3 is 4.74 Å². The zero-order chi connectivity index (χ0) is 21.9. The molecule has 0 bridgehead atoms. The largest absolute Gasteiger partial charge is 0.461 e. The molecule has 0 radical (unpaired) electrons. The first kappa shape index (κ1) is 26.5. The van der Waals surface area contributed by atoms with Gasteiger partial charge in [0.05, 0.1) is 0 Å². The zero-order valence-electron chi connectivity index (χ0n) is 19.8. The topological polar surface area (TPSA) is 26.3 Å². The molecule has 2 heteroatoms. The van der Waals surface area contributed by atoms with Crippen LogP contribution in [0.3, 0.4) is 0 Å². The molecule has 1 rings (SSSR count). The van der Waals surface area contributed by atoms with Gasteiger partial charge >= 0.3 is 5.97 Å². The van der Waals surface area contributed by atoms with Gasteiger partial charge in [-0.2, -0.15) is 0 Å². The molecule has 0 spiro atoms. The fraction of sp³-hybridized carbons (Fsp3) is 0.679. The summed E-state index contributed by atoms with van der Waals surface area (Å²) in [5, 5.41) is 0. The monoisotopic (exact) mass is 414 g/mol. The van der Waals surface area contributed by atoms with Gasteiger partial charge in [0.25, 0.3) is 0 Å². The standard InChI is InChI=1S/C28H46O2/c1-4-5-6-7-8-9-10-11-12-13-14-15-16-17-18-19-28(29)30-24-26-20-22-27(23-21-26)25(2)3/h8-9,11-12,20,27H,2,4-7,10,13-19,21-24H2,1,3H3/t27-/m1/s1. The van der Waals surface area contributed by atoms with Crippen molar-refractivity contribution in [2.24, 2.45) is 5.92 Å². The van der Waals surface area contributed by atoms with E-state index >= 15 is 0 Å². The molecule has 0 aromatic rings. The number of allylic oxidation sites excluding steroid dienone is 6. The van der Waals surface area contributed by atoms with Crippen molar-refractivity contribution in [1.82, 2.24) is 0 Å². The van der Waals surface area contributed by atoms with Gasteiger partial charge in [0.2, 0.25) is 0 Å². The number of rotatable bonds is 17. The van der Waals surface area contributed by atoms with E-state index in [1.54, 1.807) is 0 Å². The summed E-state index contributed by atoms with van der Waals surface area (Å²) in [7, 11) is 0. The van der Waals surface area contributed by atoms with E-state index in [0.29, 0.717) is 18.9 Å². The molecule has 170 valence electrons. The lowest BCUT2D eigenvalue weighted by Gasteiger charge is -2.21. The molecule has 0 amide bonds. The molecular weight excluding hydrogens is 368 g/mol. The number of hydrogen-bond donors (Lipinski definition) is 0. The van der Waals surface area contributed by atoms with Crippen LogP contribution in [0.5, 0.6) is 0 Å². The number of carbonyl (C=O) groups excluding carboxylic acids is 1. The first-order valence-corrected chi connectivity index (χ1v) is 12.4. The van der Waals surface area contributed by atoms with Gasteiger partial charge in [-0.1, -0.05) is 81.6 Å². The molecule has 0 aromatic carbocycles. The second kappa shape index (κ2) is 18.2. The van der Waals surface area contributed by atoms with Gasteiger partial charge in [-0.3, -0.25) is 4.79 Å². The molecular formula is C28H46O2. The summed E-state index contributed by atoms with van der Waals surface area (Å²) in [6, 6.07) is 0. The van der Waals surface area contributed by atoms with E-state index < -0.39 is 0 Å². The molecule has 0 unspecified atom stereocenters. The summed E-state index contributed by atoms with van der Waals surface area (Å²) in [6.45, 7) is 8.89. The van der Waals surface area contributed by atoms with Crippen LogP contribution in [0, 0.1) is 5.92 Å². The van der Waals surface area contributed by atoms with Gasteiger partial charge in [-0.15, -0.1) is 0 Å². The number of unbranched alkanes of at least 4 members (excludes halogenated alkanes) is 8. The fourth-order valence-corrected chi connectivity index (χ4v) is 3.79. The zero-order valence-corrected chi connectivity index (χ0v) is 19.8. The van der Waals surface area contributed by atoms with Crippen molar-refractivity contribution in [3.63, 3.8) is 0 Å².